The summed E-state index contributed by atoms with van der Waals surface area (Å²) in [6, 6.07) is 6.09. The van der Waals surface area contributed by atoms with Crippen LogP contribution in [0, 0.1) is 4.77 Å². The Balaban J connectivity index is 2.19. The summed E-state index contributed by atoms with van der Waals surface area (Å²) in [4.78, 5) is 5.48. The van der Waals surface area contributed by atoms with E-state index in [2.05, 4.69) is 34.6 Å². The van der Waals surface area contributed by atoms with Crippen molar-refractivity contribution in [3.63, 3.8) is 0 Å². The standard InChI is InChI=1S/C15H23N3OS/c1-4-19-13-9-7-8-12-14(13)16-15(20)18(12)11-6-5-10-17(2)3/h7-9H,4-6,10-11H2,1-3H3,(H,16,20). The van der Waals surface area contributed by atoms with Gasteiger partial charge in [0.25, 0.3) is 0 Å². The van der Waals surface area contributed by atoms with Crippen molar-refractivity contribution in [1.29, 1.82) is 0 Å². The predicted octanol–water partition coefficient (Wildman–Crippen LogP) is 3.44. The fraction of sp³-hybridized carbons (Fsp3) is 0.533. The first kappa shape index (κ1) is 15.1. The number of aryl methyl sites for hydroxylation is 1. The van der Waals surface area contributed by atoms with E-state index in [1.165, 1.54) is 6.42 Å². The minimum absolute atomic E-state index is 0.660. The number of hydrogen-bond donors (Lipinski definition) is 1. The van der Waals surface area contributed by atoms with Crippen LogP contribution in [0.25, 0.3) is 11.0 Å². The minimum atomic E-state index is 0.660. The Kier molecular flexibility index (Phi) is 5.20. The highest BCUT2D eigenvalue weighted by Gasteiger charge is 2.08. The third kappa shape index (κ3) is 3.41. The quantitative estimate of drug-likeness (QED) is 0.627. The zero-order chi connectivity index (χ0) is 14.5. The van der Waals surface area contributed by atoms with E-state index < -0.39 is 0 Å². The molecule has 0 radical (unpaired) electrons. The van der Waals surface area contributed by atoms with Gasteiger partial charge in [-0.15, -0.1) is 0 Å². The van der Waals surface area contributed by atoms with E-state index in [1.807, 2.05) is 19.1 Å². The van der Waals surface area contributed by atoms with Crippen LogP contribution >= 0.6 is 12.2 Å². The molecule has 20 heavy (non-hydrogen) atoms. The van der Waals surface area contributed by atoms with Crippen molar-refractivity contribution >= 4 is 23.3 Å². The molecule has 1 heterocycles. The van der Waals surface area contributed by atoms with E-state index in [9.17, 15) is 0 Å². The largest absolute Gasteiger partial charge is 0.492 e. The minimum Gasteiger partial charge on any atom is -0.492 e. The van der Waals surface area contributed by atoms with E-state index in [4.69, 9.17) is 17.0 Å². The van der Waals surface area contributed by atoms with Crippen molar-refractivity contribution < 1.29 is 4.74 Å². The highest BCUT2D eigenvalue weighted by Crippen LogP contribution is 2.25. The van der Waals surface area contributed by atoms with Crippen LogP contribution in [0.2, 0.25) is 0 Å². The highest BCUT2D eigenvalue weighted by molar-refractivity contribution is 7.71. The molecule has 0 amide bonds. The van der Waals surface area contributed by atoms with Gasteiger partial charge in [-0.25, -0.2) is 0 Å². The summed E-state index contributed by atoms with van der Waals surface area (Å²) in [5.74, 6) is 0.878. The lowest BCUT2D eigenvalue weighted by molar-refractivity contribution is 0.343. The van der Waals surface area contributed by atoms with Gasteiger partial charge in [0.15, 0.2) is 4.77 Å². The van der Waals surface area contributed by atoms with Gasteiger partial charge in [-0.2, -0.15) is 0 Å². The van der Waals surface area contributed by atoms with Crippen molar-refractivity contribution in [3.8, 4) is 5.75 Å². The lowest BCUT2D eigenvalue weighted by Crippen LogP contribution is -2.13. The molecule has 4 nitrogen and oxygen atoms in total. The second kappa shape index (κ2) is 6.90. The van der Waals surface area contributed by atoms with Crippen molar-refractivity contribution in [2.75, 3.05) is 27.2 Å². The maximum atomic E-state index is 5.65. The molecule has 0 aliphatic carbocycles. The van der Waals surface area contributed by atoms with E-state index in [-0.39, 0.29) is 0 Å². The van der Waals surface area contributed by atoms with E-state index in [0.29, 0.717) is 6.61 Å². The van der Waals surface area contributed by atoms with Gasteiger partial charge >= 0.3 is 0 Å². The van der Waals surface area contributed by atoms with Gasteiger partial charge in [0.2, 0.25) is 0 Å². The fourth-order valence-electron chi connectivity index (χ4n) is 2.35. The van der Waals surface area contributed by atoms with E-state index >= 15 is 0 Å². The van der Waals surface area contributed by atoms with Gasteiger partial charge in [-0.05, 0) is 64.8 Å². The SMILES string of the molecule is CCOc1cccc2c1[nH]c(=S)n2CCCCN(C)C. The van der Waals surface area contributed by atoms with E-state index in [1.54, 1.807) is 0 Å². The van der Waals surface area contributed by atoms with Crippen LogP contribution in [0.5, 0.6) is 5.75 Å². The van der Waals surface area contributed by atoms with Crippen molar-refractivity contribution in [3.05, 3.63) is 23.0 Å². The number of unbranched alkanes of at least 4 members (excludes halogenated alkanes) is 1. The number of para-hydroxylation sites is 1. The first-order valence-electron chi connectivity index (χ1n) is 7.12. The number of ether oxygens (including phenoxy) is 1. The molecule has 1 aromatic heterocycles. The number of benzene rings is 1. The molecule has 0 saturated carbocycles. The normalized spacial score (nSPS) is 11.4. The van der Waals surface area contributed by atoms with Crippen LogP contribution < -0.4 is 4.74 Å². The maximum Gasteiger partial charge on any atom is 0.178 e. The molecule has 0 spiro atoms. The summed E-state index contributed by atoms with van der Waals surface area (Å²) in [5.41, 5.74) is 2.14. The maximum absolute atomic E-state index is 5.65. The van der Waals surface area contributed by atoms with Gasteiger partial charge in [0.05, 0.1) is 12.1 Å². The first-order chi connectivity index (χ1) is 9.63. The summed E-state index contributed by atoms with van der Waals surface area (Å²) in [6.45, 7) is 4.71. The molecule has 110 valence electrons. The molecule has 0 unspecified atom stereocenters. The Hall–Kier alpha value is -1.33. The van der Waals surface area contributed by atoms with Crippen molar-refractivity contribution in [2.24, 2.45) is 0 Å². The summed E-state index contributed by atoms with van der Waals surface area (Å²) < 4.78 is 8.59. The van der Waals surface area contributed by atoms with Crippen molar-refractivity contribution in [2.45, 2.75) is 26.3 Å². The van der Waals surface area contributed by atoms with Crippen LogP contribution in [-0.2, 0) is 6.54 Å². The number of aromatic amines is 1. The van der Waals surface area contributed by atoms with Crippen LogP contribution in [0.1, 0.15) is 19.8 Å². The number of nitrogens with zero attached hydrogens (tertiary/aromatic N) is 2. The second-order valence-corrected chi connectivity index (χ2v) is 5.56. The Morgan fingerprint density at radius 2 is 2.10 bits per heavy atom. The Morgan fingerprint density at radius 1 is 1.30 bits per heavy atom. The summed E-state index contributed by atoms with van der Waals surface area (Å²) in [6.07, 6.45) is 2.30. The highest BCUT2D eigenvalue weighted by atomic mass is 32.1. The third-order valence-corrected chi connectivity index (χ3v) is 3.63. The molecule has 2 rings (SSSR count). The molecule has 0 aliphatic rings. The Bertz CT molecular complexity index is 615. The Labute approximate surface area is 125 Å². The van der Waals surface area contributed by atoms with Gasteiger partial charge in [0, 0.05) is 6.54 Å². The molecule has 1 aromatic carbocycles. The summed E-state index contributed by atoms with van der Waals surface area (Å²) in [7, 11) is 4.21. The molecule has 2 aromatic rings. The molecule has 0 bridgehead atoms. The molecule has 5 heteroatoms. The average molecular weight is 293 g/mol. The molecular weight excluding hydrogens is 270 g/mol. The van der Waals surface area contributed by atoms with Crippen molar-refractivity contribution in [1.82, 2.24) is 14.5 Å². The van der Waals surface area contributed by atoms with E-state index in [0.717, 1.165) is 41.1 Å². The number of aromatic nitrogens is 2. The molecule has 0 atom stereocenters. The summed E-state index contributed by atoms with van der Waals surface area (Å²) >= 11 is 5.44. The monoisotopic (exact) mass is 293 g/mol. The Morgan fingerprint density at radius 3 is 2.80 bits per heavy atom. The lowest BCUT2D eigenvalue weighted by Gasteiger charge is -2.10. The second-order valence-electron chi connectivity index (χ2n) is 5.18. The third-order valence-electron chi connectivity index (χ3n) is 3.31. The predicted molar refractivity (Wildman–Crippen MR) is 86.1 cm³/mol. The number of nitrogens with one attached hydrogen (secondary N) is 1. The van der Waals surface area contributed by atoms with Gasteiger partial charge in [0.1, 0.15) is 11.3 Å². The number of H-pyrrole nitrogens is 1. The van der Waals surface area contributed by atoms with Crippen LogP contribution in [-0.4, -0.2) is 41.7 Å². The molecule has 0 saturated heterocycles. The number of hydrogen-bond acceptors (Lipinski definition) is 3. The average Bonchev–Trinajstić information content (AvgIpc) is 2.72. The molecular formula is C15H23N3OS. The molecule has 1 N–H and O–H groups in total. The molecule has 0 aliphatic heterocycles. The lowest BCUT2D eigenvalue weighted by atomic mass is 10.2. The smallest absolute Gasteiger partial charge is 0.178 e. The zero-order valence-corrected chi connectivity index (χ0v) is 13.3. The number of fused-ring (bicyclic) bond motifs is 1. The molecule has 0 fully saturated rings. The topological polar surface area (TPSA) is 33.2 Å². The zero-order valence-electron chi connectivity index (χ0n) is 12.5. The van der Waals surface area contributed by atoms with Crippen LogP contribution in [0.15, 0.2) is 18.2 Å². The first-order valence-corrected chi connectivity index (χ1v) is 7.53. The summed E-state index contributed by atoms with van der Waals surface area (Å²) in [5, 5.41) is 0. The van der Waals surface area contributed by atoms with Gasteiger partial charge in [-0.3, -0.25) is 0 Å². The fourth-order valence-corrected chi connectivity index (χ4v) is 2.64. The van der Waals surface area contributed by atoms with Gasteiger partial charge < -0.3 is 19.2 Å². The van der Waals surface area contributed by atoms with Crippen LogP contribution in [0.4, 0.5) is 0 Å². The van der Waals surface area contributed by atoms with Crippen LogP contribution in [0.3, 0.4) is 0 Å². The van der Waals surface area contributed by atoms with Gasteiger partial charge in [-0.1, -0.05) is 6.07 Å². The number of rotatable bonds is 7. The number of imidazole rings is 1.